The summed E-state index contributed by atoms with van der Waals surface area (Å²) in [5.74, 6) is -0.910. The normalized spacial score (nSPS) is 23.6. The Morgan fingerprint density at radius 3 is 2.25 bits per heavy atom. The molecular weight excluding hydrogens is 278 g/mol. The molecule has 0 bridgehead atoms. The number of amides is 1. The largest absolute Gasteiger partial charge is 0.392 e. The van der Waals surface area contributed by atoms with Crippen LogP contribution >= 0.6 is 12.6 Å². The van der Waals surface area contributed by atoms with E-state index in [1.807, 2.05) is 0 Å². The highest BCUT2D eigenvalue weighted by molar-refractivity contribution is 7.80. The lowest BCUT2D eigenvalue weighted by molar-refractivity contribution is -0.162. The molecule has 1 atom stereocenters. The number of ether oxygens (including phenoxy) is 1. The van der Waals surface area contributed by atoms with Crippen molar-refractivity contribution in [2.75, 3.05) is 5.75 Å². The number of thiol groups is 1. The summed E-state index contributed by atoms with van der Waals surface area (Å²) in [5.41, 5.74) is 0. The van der Waals surface area contributed by atoms with Gasteiger partial charge in [-0.25, -0.2) is 4.79 Å². The molecule has 1 N–H and O–H groups in total. The fraction of sp³-hybridized carbons (Fsp3) is 0.786. The van der Waals surface area contributed by atoms with E-state index in [0.717, 1.165) is 38.5 Å². The molecule has 1 rings (SSSR count). The molecule has 0 radical (unpaired) electrons. The third-order valence-electron chi connectivity index (χ3n) is 3.29. The minimum absolute atomic E-state index is 0.168. The molecule has 5 nitrogen and oxygen atoms in total. The Hall–Kier alpha value is -1.04. The second-order valence-electron chi connectivity index (χ2n) is 5.05. The summed E-state index contributed by atoms with van der Waals surface area (Å²) in [4.78, 5) is 35.1. The Kier molecular flexibility index (Phi) is 8.34. The van der Waals surface area contributed by atoms with Crippen LogP contribution in [0.4, 0.5) is 0 Å². The van der Waals surface area contributed by atoms with E-state index in [0.29, 0.717) is 18.6 Å². The molecule has 6 heteroatoms. The van der Waals surface area contributed by atoms with E-state index in [1.165, 1.54) is 0 Å². The number of esters is 2. The van der Waals surface area contributed by atoms with Gasteiger partial charge in [0, 0.05) is 12.8 Å². The van der Waals surface area contributed by atoms with Crippen molar-refractivity contribution < 1.29 is 19.1 Å². The fourth-order valence-electron chi connectivity index (χ4n) is 2.14. The van der Waals surface area contributed by atoms with Gasteiger partial charge < -0.3 is 10.1 Å². The zero-order chi connectivity index (χ0) is 14.8. The second-order valence-corrected chi connectivity index (χ2v) is 5.49. The molecule has 1 heterocycles. The molecule has 1 aliphatic rings. The van der Waals surface area contributed by atoms with E-state index in [2.05, 4.69) is 17.9 Å². The fourth-order valence-corrected chi connectivity index (χ4v) is 2.40. The van der Waals surface area contributed by atoms with Crippen molar-refractivity contribution in [1.82, 2.24) is 5.32 Å². The molecule has 1 amide bonds. The van der Waals surface area contributed by atoms with Gasteiger partial charge in [0.25, 0.3) is 0 Å². The number of hydrogen-bond donors (Lipinski definition) is 2. The summed E-state index contributed by atoms with van der Waals surface area (Å²) in [6, 6.07) is -0.771. The number of nitrogens with one attached hydrogen (secondary N) is 1. The maximum Gasteiger partial charge on any atom is 0.336 e. The smallest absolute Gasteiger partial charge is 0.336 e. The van der Waals surface area contributed by atoms with Crippen LogP contribution in [0.25, 0.3) is 0 Å². The molecule has 1 fully saturated rings. The summed E-state index contributed by atoms with van der Waals surface area (Å²) in [6.07, 6.45) is 6.67. The van der Waals surface area contributed by atoms with Gasteiger partial charge in [0.05, 0.1) is 0 Å². The van der Waals surface area contributed by atoms with E-state index in [-0.39, 0.29) is 12.3 Å². The van der Waals surface area contributed by atoms with Gasteiger partial charge in [0.1, 0.15) is 6.04 Å². The van der Waals surface area contributed by atoms with Gasteiger partial charge in [0.2, 0.25) is 5.91 Å². The van der Waals surface area contributed by atoms with Gasteiger partial charge in [-0.05, 0) is 25.0 Å². The molecule has 0 spiro atoms. The summed E-state index contributed by atoms with van der Waals surface area (Å²) in [7, 11) is 0. The molecular formula is C14H23NO4S. The predicted octanol–water partition coefficient (Wildman–Crippen LogP) is 2.00. The third-order valence-corrected chi connectivity index (χ3v) is 3.54. The SMILES string of the molecule is O=C1CCCCCCCCC(=O)OC(=O)[C@H](CCS)N1. The maximum atomic E-state index is 11.8. The van der Waals surface area contributed by atoms with Crippen molar-refractivity contribution >= 4 is 30.5 Å². The van der Waals surface area contributed by atoms with Crippen LogP contribution in [-0.4, -0.2) is 29.6 Å². The van der Waals surface area contributed by atoms with Crippen molar-refractivity contribution in [1.29, 1.82) is 0 Å². The summed E-state index contributed by atoms with van der Waals surface area (Å²) >= 11 is 4.06. The standard InChI is InChI=1S/C14H23NO4S/c16-12-7-5-3-1-2-4-6-8-13(17)19-14(18)11(15-12)9-10-20/h11,20H,1-10H2,(H,15,16)/t11-/m0/s1. The van der Waals surface area contributed by atoms with Crippen LogP contribution in [0.1, 0.15) is 57.8 Å². The van der Waals surface area contributed by atoms with Crippen LogP contribution in [0.15, 0.2) is 0 Å². The van der Waals surface area contributed by atoms with Crippen molar-refractivity contribution in [2.45, 2.75) is 63.8 Å². The Balaban J connectivity index is 2.61. The molecule has 1 saturated heterocycles. The van der Waals surface area contributed by atoms with Crippen LogP contribution in [0.2, 0.25) is 0 Å². The first-order chi connectivity index (χ1) is 9.63. The monoisotopic (exact) mass is 301 g/mol. The second kappa shape index (κ2) is 9.80. The van der Waals surface area contributed by atoms with E-state index in [4.69, 9.17) is 4.74 Å². The molecule has 0 unspecified atom stereocenters. The Labute approximate surface area is 125 Å². The Morgan fingerprint density at radius 2 is 1.60 bits per heavy atom. The van der Waals surface area contributed by atoms with Crippen LogP contribution in [0.3, 0.4) is 0 Å². The molecule has 0 aliphatic carbocycles. The number of rotatable bonds is 2. The first-order valence-corrected chi connectivity index (χ1v) is 7.91. The lowest BCUT2D eigenvalue weighted by Gasteiger charge is -2.16. The van der Waals surface area contributed by atoms with E-state index >= 15 is 0 Å². The number of carbonyl (C=O) groups excluding carboxylic acids is 3. The highest BCUT2D eigenvalue weighted by Gasteiger charge is 2.23. The maximum absolute atomic E-state index is 11.8. The third kappa shape index (κ3) is 6.93. The highest BCUT2D eigenvalue weighted by Crippen LogP contribution is 2.11. The number of carbonyl (C=O) groups is 3. The van der Waals surface area contributed by atoms with Crippen LogP contribution in [0, 0.1) is 0 Å². The lowest BCUT2D eigenvalue weighted by atomic mass is 10.1. The first kappa shape index (κ1) is 17.0. The quantitative estimate of drug-likeness (QED) is 0.465. The highest BCUT2D eigenvalue weighted by atomic mass is 32.1. The van der Waals surface area contributed by atoms with E-state index in [1.54, 1.807) is 0 Å². The average Bonchev–Trinajstić information content (AvgIpc) is 2.40. The zero-order valence-electron chi connectivity index (χ0n) is 11.7. The Morgan fingerprint density at radius 1 is 1.00 bits per heavy atom. The predicted molar refractivity (Wildman–Crippen MR) is 78.4 cm³/mol. The molecule has 0 saturated carbocycles. The van der Waals surface area contributed by atoms with Crippen LogP contribution in [-0.2, 0) is 19.1 Å². The van der Waals surface area contributed by atoms with Gasteiger partial charge in [0.15, 0.2) is 0 Å². The molecule has 0 aromatic heterocycles. The molecule has 20 heavy (non-hydrogen) atoms. The minimum Gasteiger partial charge on any atom is -0.392 e. The van der Waals surface area contributed by atoms with Crippen molar-refractivity contribution in [3.63, 3.8) is 0 Å². The van der Waals surface area contributed by atoms with Gasteiger partial charge in [-0.3, -0.25) is 9.59 Å². The number of hydrogen-bond acceptors (Lipinski definition) is 5. The molecule has 0 aromatic rings. The van der Waals surface area contributed by atoms with Crippen molar-refractivity contribution in [3.05, 3.63) is 0 Å². The average molecular weight is 301 g/mol. The number of cyclic esters (lactones) is 2. The van der Waals surface area contributed by atoms with Gasteiger partial charge >= 0.3 is 11.9 Å². The van der Waals surface area contributed by atoms with Gasteiger partial charge in [-0.15, -0.1) is 0 Å². The van der Waals surface area contributed by atoms with Crippen LogP contribution < -0.4 is 5.32 Å². The van der Waals surface area contributed by atoms with Crippen LogP contribution in [0.5, 0.6) is 0 Å². The molecule has 0 aromatic carbocycles. The summed E-state index contributed by atoms with van der Waals surface area (Å²) in [6.45, 7) is 0. The van der Waals surface area contributed by atoms with E-state index in [9.17, 15) is 14.4 Å². The van der Waals surface area contributed by atoms with Crippen molar-refractivity contribution in [3.8, 4) is 0 Å². The topological polar surface area (TPSA) is 72.5 Å². The zero-order valence-corrected chi connectivity index (χ0v) is 12.6. The summed E-state index contributed by atoms with van der Waals surface area (Å²) in [5, 5.41) is 2.63. The van der Waals surface area contributed by atoms with Gasteiger partial charge in [-0.1, -0.05) is 25.7 Å². The molecule has 114 valence electrons. The molecule has 1 aliphatic heterocycles. The summed E-state index contributed by atoms with van der Waals surface area (Å²) < 4.78 is 4.78. The van der Waals surface area contributed by atoms with Crippen molar-refractivity contribution in [2.24, 2.45) is 0 Å². The van der Waals surface area contributed by atoms with E-state index < -0.39 is 18.0 Å². The van der Waals surface area contributed by atoms with Gasteiger partial charge in [-0.2, -0.15) is 12.6 Å². The Bertz CT molecular complexity index is 346. The minimum atomic E-state index is -0.771. The first-order valence-electron chi connectivity index (χ1n) is 7.28. The lowest BCUT2D eigenvalue weighted by Crippen LogP contribution is -2.42.